The molecule has 3 aromatic heterocycles. The fraction of sp³-hybridized carbons (Fsp3) is 0.444. The maximum absolute atomic E-state index is 15.0. The van der Waals surface area contributed by atoms with Crippen LogP contribution in [0.15, 0.2) is 34.1 Å². The number of thioether (sulfide) groups is 1. The number of aromatic carboxylic acids is 1. The molecule has 1 saturated carbocycles. The van der Waals surface area contributed by atoms with Crippen molar-refractivity contribution < 1.29 is 19.1 Å². The molecule has 0 atom stereocenters. The van der Waals surface area contributed by atoms with Crippen LogP contribution in [0.5, 0.6) is 0 Å². The van der Waals surface area contributed by atoms with E-state index in [4.69, 9.17) is 0 Å². The summed E-state index contributed by atoms with van der Waals surface area (Å²) in [5, 5.41) is 15.8. The minimum Gasteiger partial charge on any atom is -0.477 e. The van der Waals surface area contributed by atoms with Crippen LogP contribution in [-0.2, 0) is 17.8 Å². The van der Waals surface area contributed by atoms with Crippen LogP contribution in [0.2, 0.25) is 0 Å². The second-order valence-corrected chi connectivity index (χ2v) is 11.4. The van der Waals surface area contributed by atoms with Gasteiger partial charge in [-0.2, -0.15) is 0 Å². The number of carbonyl (C=O) groups is 2. The first-order chi connectivity index (χ1) is 18.9. The number of anilines is 1. The summed E-state index contributed by atoms with van der Waals surface area (Å²) in [5.74, 6) is -0.862. The Morgan fingerprint density at radius 2 is 1.97 bits per heavy atom. The van der Waals surface area contributed by atoms with Crippen molar-refractivity contribution >= 4 is 40.5 Å². The predicted octanol–water partition coefficient (Wildman–Crippen LogP) is 2.80. The molecule has 1 saturated heterocycles. The molecule has 0 spiro atoms. The topological polar surface area (TPSA) is 129 Å². The first kappa shape index (κ1) is 25.9. The van der Waals surface area contributed by atoms with Gasteiger partial charge in [0.2, 0.25) is 11.3 Å². The van der Waals surface area contributed by atoms with Crippen LogP contribution in [0.1, 0.15) is 53.5 Å². The Hall–Kier alpha value is -3.35. The van der Waals surface area contributed by atoms with E-state index < -0.39 is 17.2 Å². The molecular formula is C27H29FN6O4S. The molecule has 5 heterocycles. The first-order valence-electron chi connectivity index (χ1n) is 13.2. The number of likely N-dealkylation sites (tertiary alicyclic amines) is 1. The van der Waals surface area contributed by atoms with Crippen LogP contribution in [-0.4, -0.2) is 67.8 Å². The van der Waals surface area contributed by atoms with E-state index in [2.05, 4.69) is 25.5 Å². The second kappa shape index (κ2) is 10.7. The van der Waals surface area contributed by atoms with Gasteiger partial charge in [-0.15, -0.1) is 11.8 Å². The molecule has 3 aromatic rings. The van der Waals surface area contributed by atoms with E-state index >= 15 is 0 Å². The summed E-state index contributed by atoms with van der Waals surface area (Å²) in [6.07, 6.45) is 5.42. The molecule has 0 bridgehead atoms. The maximum atomic E-state index is 15.0. The average molecular weight is 553 g/mol. The highest BCUT2D eigenvalue weighted by Gasteiger charge is 2.28. The minimum atomic E-state index is -1.31. The third-order valence-electron chi connectivity index (χ3n) is 7.56. The van der Waals surface area contributed by atoms with Crippen molar-refractivity contribution in [1.82, 2.24) is 24.8 Å². The summed E-state index contributed by atoms with van der Waals surface area (Å²) in [6.45, 7) is 3.00. The standard InChI is InChI=1S/C27H29FN6O4S/c28-20-11-18-24(36)19(27(37)38)13-34(17-2-3-17)26(18)31-21(20)7-10-33-8-5-15(6-9-33)29-12-16-1-4-22-25(30-16)32-23(35)14-39-22/h1,4,11,13,15,17,29H,2-3,5-10,12,14H2,(H,37,38)(H,30,32,35). The number of fused-ring (bicyclic) bond motifs is 2. The summed E-state index contributed by atoms with van der Waals surface area (Å²) >= 11 is 1.50. The van der Waals surface area contributed by atoms with Crippen molar-refractivity contribution in [3.05, 3.63) is 57.4 Å². The van der Waals surface area contributed by atoms with Gasteiger partial charge in [0.05, 0.1) is 27.4 Å². The highest BCUT2D eigenvalue weighted by Crippen LogP contribution is 2.36. The van der Waals surface area contributed by atoms with Crippen molar-refractivity contribution in [2.24, 2.45) is 0 Å². The molecule has 0 unspecified atom stereocenters. The number of carboxylic acids is 1. The Balaban J connectivity index is 1.06. The number of carboxylic acid groups (broad SMARTS) is 1. The van der Waals surface area contributed by atoms with E-state index in [1.165, 1.54) is 18.0 Å². The van der Waals surface area contributed by atoms with E-state index in [-0.39, 0.29) is 22.9 Å². The lowest BCUT2D eigenvalue weighted by Gasteiger charge is -2.32. The fourth-order valence-electron chi connectivity index (χ4n) is 5.22. The Labute approximate surface area is 228 Å². The molecule has 6 rings (SSSR count). The number of nitrogens with one attached hydrogen (secondary N) is 2. The van der Waals surface area contributed by atoms with Crippen LogP contribution in [0, 0.1) is 5.82 Å². The fourth-order valence-corrected chi connectivity index (χ4v) is 5.98. The zero-order chi connectivity index (χ0) is 27.1. The third-order valence-corrected chi connectivity index (χ3v) is 8.60. The number of carbonyl (C=O) groups excluding carboxylic acids is 1. The zero-order valence-corrected chi connectivity index (χ0v) is 22.1. The van der Waals surface area contributed by atoms with Crippen molar-refractivity contribution in [3.63, 3.8) is 0 Å². The van der Waals surface area contributed by atoms with Crippen LogP contribution in [0.3, 0.4) is 0 Å². The molecule has 1 amide bonds. The summed E-state index contributed by atoms with van der Waals surface area (Å²) in [6, 6.07) is 5.58. The van der Waals surface area contributed by atoms with Crippen LogP contribution < -0.4 is 16.1 Å². The van der Waals surface area contributed by atoms with Crippen LogP contribution >= 0.6 is 11.8 Å². The maximum Gasteiger partial charge on any atom is 0.341 e. The number of pyridine rings is 3. The Morgan fingerprint density at radius 1 is 1.18 bits per heavy atom. The largest absolute Gasteiger partial charge is 0.477 e. The van der Waals surface area contributed by atoms with E-state index in [0.29, 0.717) is 48.5 Å². The first-order valence-corrected chi connectivity index (χ1v) is 14.2. The number of piperidine rings is 1. The van der Waals surface area contributed by atoms with E-state index in [1.807, 2.05) is 12.1 Å². The van der Waals surface area contributed by atoms with E-state index in [9.17, 15) is 23.9 Å². The molecule has 2 aliphatic heterocycles. The summed E-state index contributed by atoms with van der Waals surface area (Å²) in [5.41, 5.74) is 0.491. The van der Waals surface area contributed by atoms with E-state index in [1.54, 1.807) is 4.57 Å². The number of hydrogen-bond donors (Lipinski definition) is 3. The molecule has 39 heavy (non-hydrogen) atoms. The van der Waals surface area contributed by atoms with Gasteiger partial charge in [0.25, 0.3) is 0 Å². The van der Waals surface area contributed by atoms with Crippen molar-refractivity contribution in [2.45, 2.75) is 55.6 Å². The molecule has 204 valence electrons. The predicted molar refractivity (Wildman–Crippen MR) is 145 cm³/mol. The number of hydrogen-bond acceptors (Lipinski definition) is 8. The molecule has 0 radical (unpaired) electrons. The molecule has 2 fully saturated rings. The third kappa shape index (κ3) is 5.54. The van der Waals surface area contributed by atoms with Crippen LogP contribution in [0.4, 0.5) is 10.2 Å². The normalized spacial score (nSPS) is 18.2. The van der Waals surface area contributed by atoms with Crippen molar-refractivity contribution in [2.75, 3.05) is 30.7 Å². The highest BCUT2D eigenvalue weighted by molar-refractivity contribution is 8.00. The van der Waals surface area contributed by atoms with Gasteiger partial charge in [-0.3, -0.25) is 9.59 Å². The summed E-state index contributed by atoms with van der Waals surface area (Å²) < 4.78 is 16.7. The Morgan fingerprint density at radius 3 is 2.72 bits per heavy atom. The van der Waals surface area contributed by atoms with Crippen molar-refractivity contribution in [1.29, 1.82) is 0 Å². The number of aromatic nitrogens is 3. The average Bonchev–Trinajstić information content (AvgIpc) is 3.77. The lowest BCUT2D eigenvalue weighted by atomic mass is 10.0. The van der Waals surface area contributed by atoms with Gasteiger partial charge in [0.15, 0.2) is 0 Å². The SMILES string of the molecule is O=C1CSc2ccc(CNC3CCN(CCc4nc5c(cc4F)c(=O)c(C(=O)O)cn5C4CC4)CC3)nc2N1. The van der Waals surface area contributed by atoms with E-state index in [0.717, 1.165) is 55.4 Å². The Kier molecular flexibility index (Phi) is 7.08. The number of amides is 1. The number of nitrogens with zero attached hydrogens (tertiary/aromatic N) is 4. The Bertz CT molecular complexity index is 1520. The quantitative estimate of drug-likeness (QED) is 0.386. The van der Waals surface area contributed by atoms with Crippen molar-refractivity contribution in [3.8, 4) is 0 Å². The monoisotopic (exact) mass is 552 g/mol. The molecule has 10 nitrogen and oxygen atoms in total. The minimum absolute atomic E-state index is 0.0180. The van der Waals surface area contributed by atoms with Crippen LogP contribution in [0.25, 0.3) is 11.0 Å². The summed E-state index contributed by atoms with van der Waals surface area (Å²) in [4.78, 5) is 48.2. The zero-order valence-electron chi connectivity index (χ0n) is 21.3. The molecule has 12 heteroatoms. The molecule has 3 N–H and O–H groups in total. The highest BCUT2D eigenvalue weighted by atomic mass is 32.2. The van der Waals surface area contributed by atoms with Gasteiger partial charge in [-0.25, -0.2) is 19.2 Å². The molecule has 3 aliphatic rings. The second-order valence-electron chi connectivity index (χ2n) is 10.3. The molecule has 0 aromatic carbocycles. The van der Waals surface area contributed by atoms with Gasteiger partial charge in [-0.1, -0.05) is 0 Å². The molecule has 1 aliphatic carbocycles. The lowest BCUT2D eigenvalue weighted by Crippen LogP contribution is -2.43. The van der Waals surface area contributed by atoms with Gasteiger partial charge in [-0.05, 0) is 57.0 Å². The molecular weight excluding hydrogens is 523 g/mol. The lowest BCUT2D eigenvalue weighted by molar-refractivity contribution is -0.113. The van der Waals surface area contributed by atoms with Gasteiger partial charge >= 0.3 is 5.97 Å². The van der Waals surface area contributed by atoms with Gasteiger partial charge < -0.3 is 25.2 Å². The van der Waals surface area contributed by atoms with Gasteiger partial charge in [0, 0.05) is 37.8 Å². The number of rotatable bonds is 8. The smallest absolute Gasteiger partial charge is 0.341 e. The van der Waals surface area contributed by atoms with Gasteiger partial charge in [0.1, 0.15) is 22.8 Å². The summed E-state index contributed by atoms with van der Waals surface area (Å²) in [7, 11) is 0. The number of halogens is 1.